The van der Waals surface area contributed by atoms with Crippen LogP contribution < -0.4 is 0 Å². The zero-order chi connectivity index (χ0) is 20.1. The van der Waals surface area contributed by atoms with Gasteiger partial charge in [-0.05, 0) is 55.6 Å². The van der Waals surface area contributed by atoms with E-state index in [0.29, 0.717) is 12.1 Å². The predicted molar refractivity (Wildman–Crippen MR) is 111 cm³/mol. The largest absolute Gasteiger partial charge is 0.507 e. The topological polar surface area (TPSA) is 69.9 Å². The van der Waals surface area contributed by atoms with Gasteiger partial charge in [0.15, 0.2) is 0 Å². The summed E-state index contributed by atoms with van der Waals surface area (Å²) in [6, 6.07) is 0. The summed E-state index contributed by atoms with van der Waals surface area (Å²) in [7, 11) is 0. The van der Waals surface area contributed by atoms with Crippen LogP contribution in [0.2, 0.25) is 0 Å². The molecule has 0 fully saturated rings. The highest BCUT2D eigenvalue weighted by atomic mass is 16.4. The summed E-state index contributed by atoms with van der Waals surface area (Å²) in [5.74, 6) is -1.56. The van der Waals surface area contributed by atoms with E-state index in [4.69, 9.17) is 0 Å². The number of aliphatic carboxylic acids is 1. The first-order valence-electron chi connectivity index (χ1n) is 8.48. The number of aliphatic hydroxyl groups excluding tert-OH is 1. The van der Waals surface area contributed by atoms with Crippen molar-refractivity contribution in [3.8, 4) is 0 Å². The van der Waals surface area contributed by atoms with Crippen molar-refractivity contribution in [2.24, 2.45) is 4.99 Å². The summed E-state index contributed by atoms with van der Waals surface area (Å²) in [5.41, 5.74) is 3.08. The first-order chi connectivity index (χ1) is 12.3. The van der Waals surface area contributed by atoms with E-state index in [2.05, 4.69) is 18.2 Å². The molecule has 0 aliphatic heterocycles. The number of carbonyl (C=O) groups is 1. The first kappa shape index (κ1) is 23.1. The molecule has 0 aromatic rings. The molecule has 0 bridgehead atoms. The van der Waals surface area contributed by atoms with Crippen LogP contribution in [-0.4, -0.2) is 28.9 Å². The Balaban J connectivity index is 6.14. The molecule has 0 rings (SSSR count). The lowest BCUT2D eigenvalue weighted by atomic mass is 9.95. The van der Waals surface area contributed by atoms with Gasteiger partial charge in [0.05, 0.1) is 0 Å². The molecule has 0 atom stereocenters. The Morgan fingerprint density at radius 1 is 1.12 bits per heavy atom. The second-order valence-electron chi connectivity index (χ2n) is 5.56. The van der Waals surface area contributed by atoms with Gasteiger partial charge in [-0.15, -0.1) is 0 Å². The van der Waals surface area contributed by atoms with E-state index in [0.717, 1.165) is 23.1 Å². The van der Waals surface area contributed by atoms with Gasteiger partial charge in [0.25, 0.3) is 0 Å². The molecule has 0 radical (unpaired) electrons. The third-order valence-electron chi connectivity index (χ3n) is 3.63. The molecular formula is C22H29NO3. The summed E-state index contributed by atoms with van der Waals surface area (Å²) in [6.07, 6.45) is 12.6. The number of nitrogens with zero attached hydrogens (tertiary/aromatic N) is 1. The van der Waals surface area contributed by atoms with Crippen molar-refractivity contribution in [1.29, 1.82) is 0 Å². The Labute approximate surface area is 156 Å². The molecule has 0 spiro atoms. The summed E-state index contributed by atoms with van der Waals surface area (Å²) in [5, 5.41) is 19.5. The van der Waals surface area contributed by atoms with Gasteiger partial charge in [0, 0.05) is 12.8 Å². The molecule has 4 heteroatoms. The van der Waals surface area contributed by atoms with E-state index in [1.165, 1.54) is 12.3 Å². The third-order valence-corrected chi connectivity index (χ3v) is 3.63. The summed E-state index contributed by atoms with van der Waals surface area (Å²) < 4.78 is 0. The second-order valence-corrected chi connectivity index (χ2v) is 5.56. The van der Waals surface area contributed by atoms with Crippen molar-refractivity contribution < 1.29 is 15.0 Å². The summed E-state index contributed by atoms with van der Waals surface area (Å²) in [4.78, 5) is 15.4. The van der Waals surface area contributed by atoms with Crippen LogP contribution in [-0.2, 0) is 4.79 Å². The van der Waals surface area contributed by atoms with Crippen molar-refractivity contribution in [1.82, 2.24) is 0 Å². The number of allylic oxidation sites excluding steroid dienone is 10. The lowest BCUT2D eigenvalue weighted by Crippen LogP contribution is -2.06. The minimum atomic E-state index is -1.23. The van der Waals surface area contributed by atoms with Gasteiger partial charge in [0.1, 0.15) is 11.3 Å². The fraction of sp³-hybridized carbons (Fsp3) is 0.273. The fourth-order valence-electron chi connectivity index (χ4n) is 2.07. The molecule has 0 heterocycles. The van der Waals surface area contributed by atoms with Crippen molar-refractivity contribution in [3.05, 3.63) is 83.2 Å². The normalized spacial score (nSPS) is 15.1. The Morgan fingerprint density at radius 2 is 1.77 bits per heavy atom. The number of carboxylic acids is 1. The van der Waals surface area contributed by atoms with E-state index in [9.17, 15) is 15.0 Å². The van der Waals surface area contributed by atoms with Crippen molar-refractivity contribution in [2.75, 3.05) is 6.54 Å². The Hall–Kier alpha value is -2.88. The van der Waals surface area contributed by atoms with E-state index in [1.54, 1.807) is 19.1 Å². The van der Waals surface area contributed by atoms with Crippen molar-refractivity contribution in [3.63, 3.8) is 0 Å². The number of hydrogen-bond acceptors (Lipinski definition) is 3. The lowest BCUT2D eigenvalue weighted by Gasteiger charge is -2.11. The summed E-state index contributed by atoms with van der Waals surface area (Å²) in [6.45, 7) is 15.7. The minimum absolute atomic E-state index is 0.237. The van der Waals surface area contributed by atoms with Gasteiger partial charge in [0.2, 0.25) is 0 Å². The molecule has 2 N–H and O–H groups in total. The smallest absolute Gasteiger partial charge is 0.341 e. The molecule has 0 aliphatic carbocycles. The molecule has 0 aromatic carbocycles. The molecule has 26 heavy (non-hydrogen) atoms. The maximum Gasteiger partial charge on any atom is 0.341 e. The highest BCUT2D eigenvalue weighted by Gasteiger charge is 2.11. The zero-order valence-electron chi connectivity index (χ0n) is 16.1. The zero-order valence-corrected chi connectivity index (χ0v) is 16.1. The van der Waals surface area contributed by atoms with E-state index in [-0.39, 0.29) is 11.3 Å². The number of hydrogen-bond donors (Lipinski definition) is 2. The maximum absolute atomic E-state index is 11.4. The van der Waals surface area contributed by atoms with Gasteiger partial charge >= 0.3 is 5.97 Å². The maximum atomic E-state index is 11.4. The summed E-state index contributed by atoms with van der Waals surface area (Å²) >= 11 is 0. The highest BCUT2D eigenvalue weighted by Crippen LogP contribution is 2.23. The Bertz CT molecular complexity index is 714. The molecule has 0 aromatic heterocycles. The number of aliphatic imine (C=N–C) groups is 1. The second kappa shape index (κ2) is 12.5. The quantitative estimate of drug-likeness (QED) is 0.235. The van der Waals surface area contributed by atoms with Crippen LogP contribution in [0, 0.1) is 0 Å². The van der Waals surface area contributed by atoms with E-state index < -0.39 is 5.97 Å². The van der Waals surface area contributed by atoms with Gasteiger partial charge in [-0.25, -0.2) is 4.79 Å². The van der Waals surface area contributed by atoms with Crippen LogP contribution in [0.1, 0.15) is 34.1 Å². The highest BCUT2D eigenvalue weighted by molar-refractivity contribution is 6.09. The molecule has 0 unspecified atom stereocenters. The molecular weight excluding hydrogens is 326 g/mol. The van der Waals surface area contributed by atoms with Crippen LogP contribution in [0.4, 0.5) is 0 Å². The van der Waals surface area contributed by atoms with Gasteiger partial charge in [-0.2, -0.15) is 0 Å². The molecule has 0 saturated carbocycles. The molecule has 0 aliphatic rings. The van der Waals surface area contributed by atoms with Crippen LogP contribution >= 0.6 is 0 Å². The number of rotatable bonds is 10. The average molecular weight is 355 g/mol. The van der Waals surface area contributed by atoms with Gasteiger partial charge in [-0.1, -0.05) is 50.5 Å². The van der Waals surface area contributed by atoms with Crippen LogP contribution in [0.3, 0.4) is 0 Å². The van der Waals surface area contributed by atoms with Crippen molar-refractivity contribution >= 4 is 12.2 Å². The molecule has 0 saturated heterocycles. The third kappa shape index (κ3) is 7.34. The standard InChI is InChI=1S/C22H29NO3/c1-7-11-12-18(9-3)19(10-4)17(6)16(5)14-21(24)20(22(25)26)15-23-13-8-2/h7,9-12,14-15,24H,3-4,8,13H2,1-2,5-6H3,(H,25,26)/b11-7-,16-14+,18-12+,19-17-,21-20-,23-15?. The fourth-order valence-corrected chi connectivity index (χ4v) is 2.07. The first-order valence-corrected chi connectivity index (χ1v) is 8.48. The molecule has 140 valence electrons. The lowest BCUT2D eigenvalue weighted by molar-refractivity contribution is -0.132. The SMILES string of the molecule is C=CC(=C(C)/C(C)=C/C(O)=C(\C=NCCC)C(=O)O)/C(C=C)=C/C=C\C. The van der Waals surface area contributed by atoms with Gasteiger partial charge < -0.3 is 10.2 Å². The van der Waals surface area contributed by atoms with Crippen LogP contribution in [0.25, 0.3) is 0 Å². The predicted octanol–water partition coefficient (Wildman–Crippen LogP) is 5.50. The molecule has 4 nitrogen and oxygen atoms in total. The number of aliphatic hydroxyl groups is 1. The van der Waals surface area contributed by atoms with Gasteiger partial charge in [-0.3, -0.25) is 4.99 Å². The number of carboxylic acid groups (broad SMARTS) is 1. The average Bonchev–Trinajstić information content (AvgIpc) is 2.61. The molecule has 0 amide bonds. The monoisotopic (exact) mass is 355 g/mol. The van der Waals surface area contributed by atoms with E-state index in [1.807, 2.05) is 39.0 Å². The van der Waals surface area contributed by atoms with Crippen LogP contribution in [0.15, 0.2) is 88.2 Å². The minimum Gasteiger partial charge on any atom is -0.507 e. The Kier molecular flexibility index (Phi) is 11.1. The van der Waals surface area contributed by atoms with Crippen molar-refractivity contribution in [2.45, 2.75) is 34.1 Å². The van der Waals surface area contributed by atoms with E-state index >= 15 is 0 Å². The van der Waals surface area contributed by atoms with Crippen LogP contribution in [0.5, 0.6) is 0 Å². The Morgan fingerprint density at radius 3 is 2.23 bits per heavy atom.